The third kappa shape index (κ3) is 3.46. The summed E-state index contributed by atoms with van der Waals surface area (Å²) in [6.07, 6.45) is 5.18. The van der Waals surface area contributed by atoms with Gasteiger partial charge in [-0.2, -0.15) is 0 Å². The molecule has 1 heterocycles. The van der Waals surface area contributed by atoms with Gasteiger partial charge in [0.25, 0.3) is 5.91 Å². The van der Waals surface area contributed by atoms with Crippen LogP contribution in [0.4, 0.5) is 15.9 Å². The van der Waals surface area contributed by atoms with E-state index >= 15 is 0 Å². The van der Waals surface area contributed by atoms with Gasteiger partial charge in [-0.1, -0.05) is 11.6 Å². The zero-order chi connectivity index (χ0) is 14.8. The van der Waals surface area contributed by atoms with Gasteiger partial charge in [-0.3, -0.25) is 4.79 Å². The SMILES string of the molecule is O=C(Nc1ccc(F)c(Cl)c1)c1cnc(NC2CC2)cn1. The van der Waals surface area contributed by atoms with Crippen LogP contribution >= 0.6 is 11.6 Å². The van der Waals surface area contributed by atoms with Crippen molar-refractivity contribution in [1.82, 2.24) is 9.97 Å². The quantitative estimate of drug-likeness (QED) is 0.911. The molecule has 0 spiro atoms. The second-order valence-electron chi connectivity index (χ2n) is 4.79. The Morgan fingerprint density at radius 1 is 1.29 bits per heavy atom. The first-order valence-corrected chi connectivity index (χ1v) is 6.84. The van der Waals surface area contributed by atoms with Crippen molar-refractivity contribution in [2.75, 3.05) is 10.6 Å². The molecule has 5 nitrogen and oxygen atoms in total. The van der Waals surface area contributed by atoms with E-state index in [2.05, 4.69) is 20.6 Å². The number of aromatic nitrogens is 2. The summed E-state index contributed by atoms with van der Waals surface area (Å²) in [5, 5.41) is 5.71. The maximum absolute atomic E-state index is 13.0. The number of halogens is 2. The highest BCUT2D eigenvalue weighted by Gasteiger charge is 2.21. The maximum Gasteiger partial charge on any atom is 0.275 e. The molecule has 0 aliphatic heterocycles. The van der Waals surface area contributed by atoms with Crippen LogP contribution in [0.1, 0.15) is 23.3 Å². The predicted octanol–water partition coefficient (Wildman–Crippen LogP) is 3.10. The molecule has 1 fully saturated rings. The summed E-state index contributed by atoms with van der Waals surface area (Å²) >= 11 is 5.66. The minimum absolute atomic E-state index is 0.0529. The summed E-state index contributed by atoms with van der Waals surface area (Å²) in [4.78, 5) is 20.2. The molecule has 7 heteroatoms. The maximum atomic E-state index is 13.0. The Morgan fingerprint density at radius 2 is 2.10 bits per heavy atom. The third-order valence-corrected chi connectivity index (χ3v) is 3.28. The van der Waals surface area contributed by atoms with Gasteiger partial charge in [0.15, 0.2) is 0 Å². The standard InChI is InChI=1S/C14H12ClFN4O/c15-10-5-9(3-4-11(10)16)20-14(21)12-6-18-13(7-17-12)19-8-1-2-8/h3-8H,1-2H2,(H,18,19)(H,20,21). The Kier molecular flexibility index (Phi) is 3.70. The van der Waals surface area contributed by atoms with Gasteiger partial charge in [0.1, 0.15) is 17.3 Å². The first kappa shape index (κ1) is 13.8. The van der Waals surface area contributed by atoms with Gasteiger partial charge in [0.05, 0.1) is 17.4 Å². The molecule has 0 radical (unpaired) electrons. The van der Waals surface area contributed by atoms with E-state index in [-0.39, 0.29) is 10.7 Å². The summed E-state index contributed by atoms with van der Waals surface area (Å²) in [5.74, 6) is -0.313. The highest BCUT2D eigenvalue weighted by molar-refractivity contribution is 6.31. The van der Waals surface area contributed by atoms with Gasteiger partial charge in [-0.05, 0) is 31.0 Å². The van der Waals surface area contributed by atoms with Gasteiger partial charge in [0.2, 0.25) is 0 Å². The van der Waals surface area contributed by atoms with Crippen molar-refractivity contribution in [2.24, 2.45) is 0 Å². The molecular formula is C14H12ClFN4O. The molecule has 1 aliphatic rings. The number of hydrogen-bond acceptors (Lipinski definition) is 4. The van der Waals surface area contributed by atoms with Crippen LogP contribution in [-0.4, -0.2) is 21.9 Å². The Bertz CT molecular complexity index is 673. The lowest BCUT2D eigenvalue weighted by molar-refractivity contribution is 0.102. The van der Waals surface area contributed by atoms with Crippen molar-refractivity contribution in [3.05, 3.63) is 47.1 Å². The number of anilines is 2. The van der Waals surface area contributed by atoms with E-state index < -0.39 is 11.7 Å². The zero-order valence-corrected chi connectivity index (χ0v) is 11.7. The largest absolute Gasteiger partial charge is 0.366 e. The Labute approximate surface area is 125 Å². The van der Waals surface area contributed by atoms with Crippen LogP contribution in [0.15, 0.2) is 30.6 Å². The molecule has 2 aromatic rings. The molecule has 3 rings (SSSR count). The van der Waals surface area contributed by atoms with Crippen LogP contribution in [0.5, 0.6) is 0 Å². The van der Waals surface area contributed by atoms with Gasteiger partial charge in [-0.15, -0.1) is 0 Å². The highest BCUT2D eigenvalue weighted by Crippen LogP contribution is 2.23. The van der Waals surface area contributed by atoms with Crippen LogP contribution in [-0.2, 0) is 0 Å². The number of hydrogen-bond donors (Lipinski definition) is 2. The molecule has 1 aromatic heterocycles. The van der Waals surface area contributed by atoms with Crippen molar-refractivity contribution in [2.45, 2.75) is 18.9 Å². The van der Waals surface area contributed by atoms with E-state index in [1.807, 2.05) is 0 Å². The average Bonchev–Trinajstić information content (AvgIpc) is 3.28. The summed E-state index contributed by atoms with van der Waals surface area (Å²) in [5.41, 5.74) is 0.574. The minimum Gasteiger partial charge on any atom is -0.366 e. The third-order valence-electron chi connectivity index (χ3n) is 2.99. The average molecular weight is 307 g/mol. The summed E-state index contributed by atoms with van der Waals surface area (Å²) in [7, 11) is 0. The van der Waals surface area contributed by atoms with Crippen molar-refractivity contribution in [3.8, 4) is 0 Å². The zero-order valence-electron chi connectivity index (χ0n) is 10.9. The van der Waals surface area contributed by atoms with E-state index in [0.29, 0.717) is 17.5 Å². The monoisotopic (exact) mass is 306 g/mol. The molecule has 0 saturated heterocycles. The van der Waals surface area contributed by atoms with Gasteiger partial charge >= 0.3 is 0 Å². The summed E-state index contributed by atoms with van der Waals surface area (Å²) in [6, 6.07) is 4.42. The van der Waals surface area contributed by atoms with Crippen molar-refractivity contribution in [1.29, 1.82) is 0 Å². The molecule has 21 heavy (non-hydrogen) atoms. The van der Waals surface area contributed by atoms with E-state index in [0.717, 1.165) is 12.8 Å². The molecule has 0 bridgehead atoms. The fraction of sp³-hybridized carbons (Fsp3) is 0.214. The molecule has 1 aliphatic carbocycles. The molecule has 108 valence electrons. The Hall–Kier alpha value is -2.21. The van der Waals surface area contributed by atoms with Crippen LogP contribution < -0.4 is 10.6 Å². The van der Waals surface area contributed by atoms with Crippen molar-refractivity contribution in [3.63, 3.8) is 0 Å². The lowest BCUT2D eigenvalue weighted by Gasteiger charge is -2.06. The van der Waals surface area contributed by atoms with E-state index in [4.69, 9.17) is 11.6 Å². The number of nitrogens with zero attached hydrogens (tertiary/aromatic N) is 2. The lowest BCUT2D eigenvalue weighted by Crippen LogP contribution is -2.14. The molecule has 1 saturated carbocycles. The molecule has 1 aromatic carbocycles. The highest BCUT2D eigenvalue weighted by atomic mass is 35.5. The Balaban J connectivity index is 1.67. The van der Waals surface area contributed by atoms with E-state index in [1.54, 1.807) is 0 Å². The number of amides is 1. The minimum atomic E-state index is -0.537. The number of benzene rings is 1. The van der Waals surface area contributed by atoms with Crippen LogP contribution in [0.3, 0.4) is 0 Å². The van der Waals surface area contributed by atoms with E-state index in [1.165, 1.54) is 30.6 Å². The number of carbonyl (C=O) groups excluding carboxylic acids is 1. The van der Waals surface area contributed by atoms with Gasteiger partial charge in [-0.25, -0.2) is 14.4 Å². The molecular weight excluding hydrogens is 295 g/mol. The van der Waals surface area contributed by atoms with E-state index in [9.17, 15) is 9.18 Å². The first-order valence-electron chi connectivity index (χ1n) is 6.47. The molecule has 2 N–H and O–H groups in total. The van der Waals surface area contributed by atoms with Crippen molar-refractivity contribution >= 4 is 29.0 Å². The number of nitrogens with one attached hydrogen (secondary N) is 2. The van der Waals surface area contributed by atoms with Crippen LogP contribution in [0.2, 0.25) is 5.02 Å². The summed E-state index contributed by atoms with van der Waals surface area (Å²) in [6.45, 7) is 0. The fourth-order valence-electron chi connectivity index (χ4n) is 1.73. The number of carbonyl (C=O) groups is 1. The molecule has 0 unspecified atom stereocenters. The van der Waals surface area contributed by atoms with Crippen LogP contribution in [0, 0.1) is 5.82 Å². The second kappa shape index (κ2) is 5.65. The smallest absolute Gasteiger partial charge is 0.275 e. The second-order valence-corrected chi connectivity index (χ2v) is 5.20. The van der Waals surface area contributed by atoms with Crippen molar-refractivity contribution < 1.29 is 9.18 Å². The molecule has 0 atom stereocenters. The lowest BCUT2D eigenvalue weighted by atomic mass is 10.3. The topological polar surface area (TPSA) is 66.9 Å². The predicted molar refractivity (Wildman–Crippen MR) is 78.0 cm³/mol. The van der Waals surface area contributed by atoms with Crippen LogP contribution in [0.25, 0.3) is 0 Å². The first-order chi connectivity index (χ1) is 10.1. The summed E-state index contributed by atoms with van der Waals surface area (Å²) < 4.78 is 13.0. The van der Waals surface area contributed by atoms with Gasteiger partial charge in [0, 0.05) is 11.7 Å². The normalized spacial score (nSPS) is 13.8. The Morgan fingerprint density at radius 3 is 2.71 bits per heavy atom. The van der Waals surface area contributed by atoms with Gasteiger partial charge < -0.3 is 10.6 Å². The molecule has 1 amide bonds. The number of rotatable bonds is 4. The fourth-order valence-corrected chi connectivity index (χ4v) is 1.91.